The van der Waals surface area contributed by atoms with Crippen LogP contribution in [0.4, 0.5) is 0 Å². The van der Waals surface area contributed by atoms with E-state index >= 15 is 0 Å². The monoisotopic (exact) mass is 247 g/mol. The lowest BCUT2D eigenvalue weighted by molar-refractivity contribution is 0.129. The van der Waals surface area contributed by atoms with Crippen molar-refractivity contribution in [3.05, 3.63) is 34.9 Å². The second kappa shape index (κ2) is 5.85. The Morgan fingerprint density at radius 2 is 1.89 bits per heavy atom. The molecule has 0 bridgehead atoms. The van der Waals surface area contributed by atoms with Gasteiger partial charge in [0, 0.05) is 12.1 Å². The molecular weight excluding hydrogens is 222 g/mol. The van der Waals surface area contributed by atoms with Crippen LogP contribution in [0.25, 0.3) is 0 Å². The molecule has 0 saturated heterocycles. The van der Waals surface area contributed by atoms with Crippen molar-refractivity contribution < 1.29 is 5.11 Å². The van der Waals surface area contributed by atoms with E-state index in [4.69, 9.17) is 0 Å². The predicted molar refractivity (Wildman–Crippen MR) is 75.7 cm³/mol. The minimum Gasteiger partial charge on any atom is -0.387 e. The summed E-state index contributed by atoms with van der Waals surface area (Å²) in [6, 6.07) is 6.99. The van der Waals surface area contributed by atoms with Crippen molar-refractivity contribution in [3.63, 3.8) is 0 Å². The first-order chi connectivity index (χ1) is 8.58. The Morgan fingerprint density at radius 3 is 2.50 bits per heavy atom. The van der Waals surface area contributed by atoms with E-state index in [9.17, 15) is 5.11 Å². The molecule has 1 aromatic carbocycles. The van der Waals surface area contributed by atoms with Crippen LogP contribution in [0.15, 0.2) is 18.2 Å². The molecule has 1 aromatic rings. The van der Waals surface area contributed by atoms with Gasteiger partial charge < -0.3 is 10.4 Å². The van der Waals surface area contributed by atoms with Crippen LogP contribution in [0.3, 0.4) is 0 Å². The summed E-state index contributed by atoms with van der Waals surface area (Å²) < 4.78 is 0. The van der Waals surface area contributed by atoms with Gasteiger partial charge in [0.1, 0.15) is 0 Å². The minimum atomic E-state index is -0.411. The molecule has 0 aliphatic heterocycles. The standard InChI is InChI=1S/C16H25NO/c1-11-8-9-15(12(2)10-11)16(18)13(3)17-14-6-4-5-7-14/h8-10,13-14,16-18H,4-7H2,1-3H3. The average Bonchev–Trinajstić information content (AvgIpc) is 2.81. The predicted octanol–water partition coefficient (Wildman–Crippen LogP) is 3.26. The molecule has 2 unspecified atom stereocenters. The van der Waals surface area contributed by atoms with Crippen LogP contribution in [0.1, 0.15) is 55.4 Å². The minimum absolute atomic E-state index is 0.120. The molecule has 18 heavy (non-hydrogen) atoms. The lowest BCUT2D eigenvalue weighted by atomic mass is 9.96. The molecular formula is C16H25NO. The van der Waals surface area contributed by atoms with Crippen molar-refractivity contribution in [3.8, 4) is 0 Å². The summed E-state index contributed by atoms with van der Waals surface area (Å²) >= 11 is 0. The maximum Gasteiger partial charge on any atom is 0.0942 e. The fourth-order valence-electron chi connectivity index (χ4n) is 2.98. The molecule has 1 saturated carbocycles. The Hall–Kier alpha value is -0.860. The molecule has 1 aliphatic rings. The molecule has 100 valence electrons. The molecule has 2 N–H and O–H groups in total. The number of hydrogen-bond acceptors (Lipinski definition) is 2. The maximum absolute atomic E-state index is 10.5. The second-order valence-corrected chi connectivity index (χ2v) is 5.74. The fraction of sp³-hybridized carbons (Fsp3) is 0.625. The van der Waals surface area contributed by atoms with Gasteiger partial charge >= 0.3 is 0 Å². The third-order valence-corrected chi connectivity index (χ3v) is 4.07. The molecule has 0 aromatic heterocycles. The van der Waals surface area contributed by atoms with Crippen molar-refractivity contribution in [1.29, 1.82) is 0 Å². The quantitative estimate of drug-likeness (QED) is 0.856. The lowest BCUT2D eigenvalue weighted by Crippen LogP contribution is -2.38. The van der Waals surface area contributed by atoms with E-state index < -0.39 is 6.10 Å². The first-order valence-electron chi connectivity index (χ1n) is 7.09. The summed E-state index contributed by atoms with van der Waals surface area (Å²) in [5.41, 5.74) is 3.49. The van der Waals surface area contributed by atoms with Crippen molar-refractivity contribution in [2.24, 2.45) is 0 Å². The number of rotatable bonds is 4. The van der Waals surface area contributed by atoms with Crippen LogP contribution >= 0.6 is 0 Å². The summed E-state index contributed by atoms with van der Waals surface area (Å²) in [6.07, 6.45) is 4.74. The van der Waals surface area contributed by atoms with Gasteiger partial charge in [-0.05, 0) is 44.7 Å². The van der Waals surface area contributed by atoms with E-state index in [-0.39, 0.29) is 6.04 Å². The number of aryl methyl sites for hydroxylation is 2. The highest BCUT2D eigenvalue weighted by molar-refractivity contribution is 5.32. The smallest absolute Gasteiger partial charge is 0.0942 e. The normalized spacial score (nSPS) is 20.0. The van der Waals surface area contributed by atoms with Gasteiger partial charge in [0.25, 0.3) is 0 Å². The van der Waals surface area contributed by atoms with Gasteiger partial charge in [-0.25, -0.2) is 0 Å². The highest BCUT2D eigenvalue weighted by atomic mass is 16.3. The molecule has 2 nitrogen and oxygen atoms in total. The zero-order valence-electron chi connectivity index (χ0n) is 11.7. The molecule has 1 fully saturated rings. The summed E-state index contributed by atoms with van der Waals surface area (Å²) in [7, 11) is 0. The molecule has 0 amide bonds. The van der Waals surface area contributed by atoms with Crippen molar-refractivity contribution in [2.75, 3.05) is 0 Å². The van der Waals surface area contributed by atoms with Gasteiger partial charge in [-0.1, -0.05) is 36.6 Å². The number of hydrogen-bond donors (Lipinski definition) is 2. The van der Waals surface area contributed by atoms with E-state index in [1.165, 1.54) is 36.8 Å². The highest BCUT2D eigenvalue weighted by Crippen LogP contribution is 2.24. The van der Waals surface area contributed by atoms with E-state index in [1.807, 2.05) is 0 Å². The topological polar surface area (TPSA) is 32.3 Å². The molecule has 1 aliphatic carbocycles. The number of aliphatic hydroxyl groups is 1. The van der Waals surface area contributed by atoms with Gasteiger partial charge in [-0.3, -0.25) is 0 Å². The van der Waals surface area contributed by atoms with Gasteiger partial charge in [0.2, 0.25) is 0 Å². The van der Waals surface area contributed by atoms with Crippen molar-refractivity contribution in [2.45, 2.75) is 64.6 Å². The second-order valence-electron chi connectivity index (χ2n) is 5.74. The first-order valence-corrected chi connectivity index (χ1v) is 7.09. The Kier molecular flexibility index (Phi) is 4.41. The molecule has 2 rings (SSSR count). The van der Waals surface area contributed by atoms with Gasteiger partial charge in [0.15, 0.2) is 0 Å². The Balaban J connectivity index is 2.02. The Morgan fingerprint density at radius 1 is 1.22 bits per heavy atom. The van der Waals surface area contributed by atoms with Crippen LogP contribution in [0.2, 0.25) is 0 Å². The molecule has 0 spiro atoms. The largest absolute Gasteiger partial charge is 0.387 e. The van der Waals surface area contributed by atoms with Gasteiger partial charge in [-0.15, -0.1) is 0 Å². The SMILES string of the molecule is Cc1ccc(C(O)C(C)NC2CCCC2)c(C)c1. The summed E-state index contributed by atoms with van der Waals surface area (Å²) in [5, 5.41) is 14.0. The van der Waals surface area contributed by atoms with Crippen LogP contribution in [-0.4, -0.2) is 17.2 Å². The Bertz CT molecular complexity index is 396. The van der Waals surface area contributed by atoms with Crippen LogP contribution < -0.4 is 5.32 Å². The summed E-state index contributed by atoms with van der Waals surface area (Å²) in [4.78, 5) is 0. The summed E-state index contributed by atoms with van der Waals surface area (Å²) in [5.74, 6) is 0. The summed E-state index contributed by atoms with van der Waals surface area (Å²) in [6.45, 7) is 6.25. The maximum atomic E-state index is 10.5. The van der Waals surface area contributed by atoms with Gasteiger partial charge in [0.05, 0.1) is 6.10 Å². The van der Waals surface area contributed by atoms with E-state index in [0.29, 0.717) is 6.04 Å². The third kappa shape index (κ3) is 3.12. The molecule has 2 heteroatoms. The lowest BCUT2D eigenvalue weighted by Gasteiger charge is -2.25. The van der Waals surface area contributed by atoms with Crippen LogP contribution in [0, 0.1) is 13.8 Å². The van der Waals surface area contributed by atoms with Crippen LogP contribution in [0.5, 0.6) is 0 Å². The van der Waals surface area contributed by atoms with Gasteiger partial charge in [-0.2, -0.15) is 0 Å². The van der Waals surface area contributed by atoms with Crippen molar-refractivity contribution in [1.82, 2.24) is 5.32 Å². The van der Waals surface area contributed by atoms with Crippen LogP contribution in [-0.2, 0) is 0 Å². The highest BCUT2D eigenvalue weighted by Gasteiger charge is 2.22. The first kappa shape index (κ1) is 13.6. The van der Waals surface area contributed by atoms with Crippen molar-refractivity contribution >= 4 is 0 Å². The molecule has 0 radical (unpaired) electrons. The fourth-order valence-corrected chi connectivity index (χ4v) is 2.98. The number of benzene rings is 1. The van der Waals surface area contributed by atoms with E-state index in [1.54, 1.807) is 0 Å². The van der Waals surface area contributed by atoms with E-state index in [0.717, 1.165) is 5.56 Å². The Labute approximate surface area is 110 Å². The zero-order chi connectivity index (χ0) is 13.1. The van der Waals surface area contributed by atoms with E-state index in [2.05, 4.69) is 44.3 Å². The number of nitrogens with one attached hydrogen (secondary N) is 1. The third-order valence-electron chi connectivity index (χ3n) is 4.07. The molecule has 0 heterocycles. The number of aliphatic hydroxyl groups excluding tert-OH is 1. The zero-order valence-corrected chi connectivity index (χ0v) is 11.7. The molecule has 2 atom stereocenters. The average molecular weight is 247 g/mol.